The molecule has 0 aliphatic rings. The maximum atomic E-state index is 12.0. The Bertz CT molecular complexity index is 1050. The summed E-state index contributed by atoms with van der Waals surface area (Å²) in [7, 11) is -3.73. The molecular formula is C19H19NO6S. The number of hydrogen-bond donors (Lipinski definition) is 1. The second kappa shape index (κ2) is 7.81. The zero-order chi connectivity index (χ0) is 19.4. The van der Waals surface area contributed by atoms with Crippen molar-refractivity contribution in [1.29, 1.82) is 0 Å². The summed E-state index contributed by atoms with van der Waals surface area (Å²) in [5.74, 6) is 0.0705. The van der Waals surface area contributed by atoms with Gasteiger partial charge in [0.25, 0.3) is 0 Å². The second-order valence-corrected chi connectivity index (χ2v) is 7.58. The molecule has 7 nitrogen and oxygen atoms in total. The summed E-state index contributed by atoms with van der Waals surface area (Å²) in [4.78, 5) is 12.0. The van der Waals surface area contributed by atoms with Gasteiger partial charge in [0.2, 0.25) is 10.0 Å². The number of sulfonamides is 1. The van der Waals surface area contributed by atoms with Gasteiger partial charge in [-0.15, -0.1) is 0 Å². The Balaban J connectivity index is 1.47. The van der Waals surface area contributed by atoms with Gasteiger partial charge in [0.05, 0.1) is 17.6 Å². The van der Waals surface area contributed by atoms with E-state index in [2.05, 4.69) is 0 Å². The number of fused-ring (bicyclic) bond motifs is 1. The number of nitrogens with two attached hydrogens (primary N) is 1. The first-order valence-electron chi connectivity index (χ1n) is 8.21. The van der Waals surface area contributed by atoms with Crippen LogP contribution in [0.4, 0.5) is 0 Å². The van der Waals surface area contributed by atoms with E-state index in [0.29, 0.717) is 5.75 Å². The molecule has 0 saturated heterocycles. The van der Waals surface area contributed by atoms with Crippen molar-refractivity contribution in [3.63, 3.8) is 0 Å². The number of furan rings is 1. The monoisotopic (exact) mass is 389 g/mol. The highest BCUT2D eigenvalue weighted by Crippen LogP contribution is 2.23. The van der Waals surface area contributed by atoms with Crippen LogP contribution in [0, 0.1) is 6.92 Å². The van der Waals surface area contributed by atoms with Crippen LogP contribution in [0.3, 0.4) is 0 Å². The number of carbonyl (C=O) groups excluding carboxylic acids is 1. The van der Waals surface area contributed by atoms with Gasteiger partial charge in [0, 0.05) is 10.9 Å². The summed E-state index contributed by atoms with van der Waals surface area (Å²) < 4.78 is 38.4. The van der Waals surface area contributed by atoms with E-state index in [4.69, 9.17) is 19.0 Å². The van der Waals surface area contributed by atoms with Gasteiger partial charge in [-0.25, -0.2) is 13.6 Å². The molecule has 0 saturated carbocycles. The summed E-state index contributed by atoms with van der Waals surface area (Å²) in [6.07, 6.45) is 1.67. The van der Waals surface area contributed by atoms with E-state index in [9.17, 15) is 13.2 Å². The minimum atomic E-state index is -3.73. The summed E-state index contributed by atoms with van der Waals surface area (Å²) >= 11 is 0. The highest BCUT2D eigenvalue weighted by atomic mass is 32.2. The number of hydrogen-bond acceptors (Lipinski definition) is 6. The van der Waals surface area contributed by atoms with E-state index < -0.39 is 10.0 Å². The largest absolute Gasteiger partial charge is 0.490 e. The number of esters is 1. The molecule has 0 fully saturated rings. The number of rotatable bonds is 7. The SMILES string of the molecule is Cc1ccc2c(CC(=O)OCCOc3ccc(S(N)(=O)=O)cc3)coc2c1. The third-order valence-corrected chi connectivity index (χ3v) is 4.84. The molecule has 2 aromatic carbocycles. The molecule has 0 aliphatic carbocycles. The van der Waals surface area contributed by atoms with Gasteiger partial charge in [0.15, 0.2) is 0 Å². The maximum Gasteiger partial charge on any atom is 0.310 e. The van der Waals surface area contributed by atoms with Gasteiger partial charge in [0.1, 0.15) is 24.5 Å². The molecule has 3 aromatic rings. The second-order valence-electron chi connectivity index (χ2n) is 6.02. The Morgan fingerprint density at radius 1 is 1.11 bits per heavy atom. The standard InChI is InChI=1S/C19H19NO6S/c1-13-2-7-17-14(12-26-18(17)10-13)11-19(21)25-9-8-24-15-3-5-16(6-4-15)27(20,22)23/h2-7,10,12H,8-9,11H2,1H3,(H2,20,22,23). The average molecular weight is 389 g/mol. The van der Waals surface area contributed by atoms with Crippen molar-refractivity contribution in [2.45, 2.75) is 18.2 Å². The third kappa shape index (κ3) is 4.87. The lowest BCUT2D eigenvalue weighted by Crippen LogP contribution is -2.14. The maximum absolute atomic E-state index is 12.0. The molecule has 1 heterocycles. The molecular weight excluding hydrogens is 370 g/mol. The fourth-order valence-electron chi connectivity index (χ4n) is 2.57. The molecule has 0 aliphatic heterocycles. The van der Waals surface area contributed by atoms with Crippen LogP contribution >= 0.6 is 0 Å². The Labute approximate surface area is 156 Å². The molecule has 8 heteroatoms. The van der Waals surface area contributed by atoms with E-state index in [1.807, 2.05) is 25.1 Å². The van der Waals surface area contributed by atoms with Crippen molar-refractivity contribution in [3.8, 4) is 5.75 Å². The first kappa shape index (κ1) is 18.9. The molecule has 3 rings (SSSR count). The topological polar surface area (TPSA) is 109 Å². The quantitative estimate of drug-likeness (QED) is 0.491. The van der Waals surface area contributed by atoms with Crippen LogP contribution in [0.5, 0.6) is 5.75 Å². The summed E-state index contributed by atoms with van der Waals surface area (Å²) in [5.41, 5.74) is 2.60. The molecule has 0 amide bonds. The zero-order valence-electron chi connectivity index (χ0n) is 14.7. The highest BCUT2D eigenvalue weighted by Gasteiger charge is 2.12. The Kier molecular flexibility index (Phi) is 5.48. The van der Waals surface area contributed by atoms with Crippen molar-refractivity contribution < 1.29 is 27.1 Å². The van der Waals surface area contributed by atoms with E-state index in [-0.39, 0.29) is 30.5 Å². The lowest BCUT2D eigenvalue weighted by Gasteiger charge is -2.08. The predicted octanol–water partition coefficient (Wildman–Crippen LogP) is 2.55. The first-order valence-corrected chi connectivity index (χ1v) is 9.75. The van der Waals surface area contributed by atoms with Crippen LogP contribution in [0.15, 0.2) is 58.0 Å². The molecule has 0 bridgehead atoms. The van der Waals surface area contributed by atoms with Crippen LogP contribution in [0.25, 0.3) is 11.0 Å². The van der Waals surface area contributed by atoms with Crippen molar-refractivity contribution in [2.75, 3.05) is 13.2 Å². The fourth-order valence-corrected chi connectivity index (χ4v) is 3.09. The number of ether oxygens (including phenoxy) is 2. The Morgan fingerprint density at radius 2 is 1.85 bits per heavy atom. The number of carbonyl (C=O) groups is 1. The lowest BCUT2D eigenvalue weighted by molar-refractivity contribution is -0.143. The third-order valence-electron chi connectivity index (χ3n) is 3.91. The van der Waals surface area contributed by atoms with Crippen molar-refractivity contribution >= 4 is 27.0 Å². The number of benzene rings is 2. The predicted molar refractivity (Wildman–Crippen MR) is 98.9 cm³/mol. The van der Waals surface area contributed by atoms with Crippen LogP contribution in [-0.4, -0.2) is 27.6 Å². The lowest BCUT2D eigenvalue weighted by atomic mass is 10.1. The molecule has 0 radical (unpaired) electrons. The van der Waals surface area contributed by atoms with Gasteiger partial charge < -0.3 is 13.9 Å². The van der Waals surface area contributed by atoms with Gasteiger partial charge in [-0.3, -0.25) is 4.79 Å². The van der Waals surface area contributed by atoms with Gasteiger partial charge in [-0.2, -0.15) is 0 Å². The van der Waals surface area contributed by atoms with E-state index in [1.54, 1.807) is 6.26 Å². The van der Waals surface area contributed by atoms with Crippen LogP contribution in [0.1, 0.15) is 11.1 Å². The first-order chi connectivity index (χ1) is 12.8. The van der Waals surface area contributed by atoms with E-state index in [0.717, 1.165) is 22.1 Å². The molecule has 0 spiro atoms. The van der Waals surface area contributed by atoms with Gasteiger partial charge in [-0.1, -0.05) is 12.1 Å². The Morgan fingerprint density at radius 3 is 2.56 bits per heavy atom. The number of primary sulfonamides is 1. The van der Waals surface area contributed by atoms with Crippen LogP contribution in [0.2, 0.25) is 0 Å². The van der Waals surface area contributed by atoms with Crippen molar-refractivity contribution in [3.05, 3.63) is 59.9 Å². The molecule has 2 N–H and O–H groups in total. The normalized spacial score (nSPS) is 11.5. The smallest absolute Gasteiger partial charge is 0.310 e. The minimum absolute atomic E-state index is 0.00353. The van der Waals surface area contributed by atoms with Gasteiger partial charge >= 0.3 is 5.97 Å². The number of aryl methyl sites for hydroxylation is 1. The van der Waals surface area contributed by atoms with Crippen LogP contribution in [-0.2, 0) is 26.0 Å². The zero-order valence-corrected chi connectivity index (χ0v) is 15.5. The summed E-state index contributed by atoms with van der Waals surface area (Å²) in [6.45, 7) is 2.19. The molecule has 142 valence electrons. The molecule has 0 atom stereocenters. The van der Waals surface area contributed by atoms with Gasteiger partial charge in [-0.05, 0) is 42.8 Å². The summed E-state index contributed by atoms with van der Waals surface area (Å²) in [5, 5.41) is 5.92. The van der Waals surface area contributed by atoms with Crippen LogP contribution < -0.4 is 9.88 Å². The average Bonchev–Trinajstić information content (AvgIpc) is 3.00. The minimum Gasteiger partial charge on any atom is -0.490 e. The van der Waals surface area contributed by atoms with Crippen molar-refractivity contribution in [1.82, 2.24) is 0 Å². The molecule has 0 unspecified atom stereocenters. The highest BCUT2D eigenvalue weighted by molar-refractivity contribution is 7.89. The molecule has 1 aromatic heterocycles. The van der Waals surface area contributed by atoms with Crippen molar-refractivity contribution in [2.24, 2.45) is 5.14 Å². The van der Waals surface area contributed by atoms with E-state index >= 15 is 0 Å². The Hall–Kier alpha value is -2.84. The molecule has 27 heavy (non-hydrogen) atoms. The van der Waals surface area contributed by atoms with E-state index in [1.165, 1.54) is 24.3 Å². The summed E-state index contributed by atoms with van der Waals surface area (Å²) in [6, 6.07) is 11.5. The fraction of sp³-hybridized carbons (Fsp3) is 0.211.